The molecule has 3 aromatic rings. The molecular weight excluding hydrogens is 372 g/mol. The first kappa shape index (κ1) is 17.2. The third kappa shape index (κ3) is 2.82. The summed E-state index contributed by atoms with van der Waals surface area (Å²) in [6.45, 7) is 0. The molecule has 2 heterocycles. The summed E-state index contributed by atoms with van der Waals surface area (Å²) in [6, 6.07) is 24.0. The summed E-state index contributed by atoms with van der Waals surface area (Å²) in [5.74, 6) is 1.71. The lowest BCUT2D eigenvalue weighted by Crippen LogP contribution is -2.43. The van der Waals surface area contributed by atoms with E-state index < -0.39 is 0 Å². The second-order valence-electron chi connectivity index (χ2n) is 6.80. The second-order valence-corrected chi connectivity index (χ2v) is 7.21. The predicted molar refractivity (Wildman–Crippen MR) is 110 cm³/mol. The van der Waals surface area contributed by atoms with Crippen molar-refractivity contribution in [3.8, 4) is 11.5 Å². The van der Waals surface area contributed by atoms with E-state index in [0.717, 1.165) is 33.9 Å². The molecular formula is C23H19ClN2O2. The molecule has 2 aliphatic heterocycles. The number of halogens is 1. The van der Waals surface area contributed by atoms with Crippen molar-refractivity contribution >= 4 is 17.3 Å². The topological polar surface area (TPSA) is 33.7 Å². The largest absolute Gasteiger partial charge is 0.497 e. The number of nitrogens with zero attached hydrogens (tertiary/aromatic N) is 1. The molecule has 0 bridgehead atoms. The molecule has 0 saturated carbocycles. The van der Waals surface area contributed by atoms with Gasteiger partial charge >= 0.3 is 0 Å². The van der Waals surface area contributed by atoms with E-state index in [1.54, 1.807) is 7.11 Å². The van der Waals surface area contributed by atoms with Gasteiger partial charge in [0.05, 0.1) is 18.8 Å². The zero-order valence-corrected chi connectivity index (χ0v) is 16.1. The molecule has 0 unspecified atom stereocenters. The number of ether oxygens (including phenoxy) is 2. The number of hydrazine groups is 1. The molecule has 5 heteroatoms. The molecule has 0 aromatic heterocycles. The van der Waals surface area contributed by atoms with Gasteiger partial charge in [-0.05, 0) is 48.0 Å². The molecule has 0 fully saturated rings. The summed E-state index contributed by atoms with van der Waals surface area (Å²) in [5.41, 5.74) is 7.71. The fourth-order valence-electron chi connectivity index (χ4n) is 3.76. The van der Waals surface area contributed by atoms with Gasteiger partial charge in [-0.2, -0.15) is 5.01 Å². The van der Waals surface area contributed by atoms with Crippen molar-refractivity contribution in [3.63, 3.8) is 0 Å². The van der Waals surface area contributed by atoms with Crippen molar-refractivity contribution in [2.75, 3.05) is 7.11 Å². The van der Waals surface area contributed by atoms with Crippen LogP contribution in [0, 0.1) is 0 Å². The Balaban J connectivity index is 1.57. The molecule has 0 aliphatic carbocycles. The SMILES string of the molecule is COc1ccc(C2=C[C@@H]3c4ccccc4O[C@H](c4ccccc4Cl)N3N2)cc1. The highest BCUT2D eigenvalue weighted by molar-refractivity contribution is 6.31. The normalized spacial score (nSPS) is 20.4. The summed E-state index contributed by atoms with van der Waals surface area (Å²) < 4.78 is 11.6. The van der Waals surface area contributed by atoms with Gasteiger partial charge in [0, 0.05) is 16.1 Å². The Morgan fingerprint density at radius 3 is 2.39 bits per heavy atom. The van der Waals surface area contributed by atoms with Gasteiger partial charge in [0.25, 0.3) is 0 Å². The summed E-state index contributed by atoms with van der Waals surface area (Å²) in [5, 5.41) is 2.80. The Morgan fingerprint density at radius 1 is 0.929 bits per heavy atom. The van der Waals surface area contributed by atoms with Crippen molar-refractivity contribution < 1.29 is 9.47 Å². The molecule has 0 radical (unpaired) electrons. The van der Waals surface area contributed by atoms with Crippen LogP contribution in [-0.4, -0.2) is 12.1 Å². The Hall–Kier alpha value is -2.95. The highest BCUT2D eigenvalue weighted by atomic mass is 35.5. The van der Waals surface area contributed by atoms with Crippen molar-refractivity contribution in [3.05, 3.63) is 101 Å². The van der Waals surface area contributed by atoms with Crippen LogP contribution in [0.5, 0.6) is 11.5 Å². The van der Waals surface area contributed by atoms with Crippen molar-refractivity contribution in [1.29, 1.82) is 0 Å². The minimum absolute atomic E-state index is 0.0447. The van der Waals surface area contributed by atoms with Crippen LogP contribution < -0.4 is 14.9 Å². The van der Waals surface area contributed by atoms with E-state index >= 15 is 0 Å². The molecule has 0 saturated heterocycles. The molecule has 5 rings (SSSR count). The van der Waals surface area contributed by atoms with Crippen LogP contribution in [0.1, 0.15) is 29.0 Å². The van der Waals surface area contributed by atoms with Gasteiger partial charge in [-0.3, -0.25) is 0 Å². The number of benzene rings is 3. The maximum atomic E-state index is 6.50. The molecule has 2 atom stereocenters. The third-order valence-electron chi connectivity index (χ3n) is 5.17. The number of methoxy groups -OCH3 is 1. The van der Waals surface area contributed by atoms with Gasteiger partial charge in [-0.1, -0.05) is 48.0 Å². The minimum atomic E-state index is -0.333. The van der Waals surface area contributed by atoms with Crippen LogP contribution in [0.4, 0.5) is 0 Å². The highest BCUT2D eigenvalue weighted by Crippen LogP contribution is 2.46. The van der Waals surface area contributed by atoms with Crippen LogP contribution in [0.2, 0.25) is 5.02 Å². The number of hydrogen-bond donors (Lipinski definition) is 1. The number of nitrogens with one attached hydrogen (secondary N) is 1. The summed E-state index contributed by atoms with van der Waals surface area (Å²) in [6.07, 6.45) is 1.90. The lowest BCUT2D eigenvalue weighted by atomic mass is 10.0. The van der Waals surface area contributed by atoms with Crippen LogP contribution >= 0.6 is 11.6 Å². The first-order valence-corrected chi connectivity index (χ1v) is 9.53. The molecule has 0 spiro atoms. The van der Waals surface area contributed by atoms with E-state index in [0.29, 0.717) is 5.02 Å². The summed E-state index contributed by atoms with van der Waals surface area (Å²) in [4.78, 5) is 0. The van der Waals surface area contributed by atoms with Gasteiger partial charge < -0.3 is 14.9 Å². The summed E-state index contributed by atoms with van der Waals surface area (Å²) in [7, 11) is 1.67. The number of para-hydroxylation sites is 1. The van der Waals surface area contributed by atoms with Gasteiger partial charge in [-0.25, -0.2) is 0 Å². The van der Waals surface area contributed by atoms with Crippen LogP contribution in [0.3, 0.4) is 0 Å². The average molecular weight is 391 g/mol. The molecule has 2 aliphatic rings. The van der Waals surface area contributed by atoms with E-state index in [4.69, 9.17) is 21.1 Å². The maximum absolute atomic E-state index is 6.50. The van der Waals surface area contributed by atoms with E-state index in [-0.39, 0.29) is 12.3 Å². The zero-order valence-electron chi connectivity index (χ0n) is 15.3. The van der Waals surface area contributed by atoms with E-state index in [1.807, 2.05) is 66.7 Å². The average Bonchev–Trinajstić information content (AvgIpc) is 3.19. The van der Waals surface area contributed by atoms with Crippen LogP contribution in [-0.2, 0) is 0 Å². The molecule has 140 valence electrons. The Morgan fingerprint density at radius 2 is 1.64 bits per heavy atom. The summed E-state index contributed by atoms with van der Waals surface area (Å²) >= 11 is 6.50. The van der Waals surface area contributed by atoms with Crippen LogP contribution in [0.25, 0.3) is 5.70 Å². The smallest absolute Gasteiger partial charge is 0.197 e. The van der Waals surface area contributed by atoms with Gasteiger partial charge in [0.1, 0.15) is 11.5 Å². The maximum Gasteiger partial charge on any atom is 0.197 e. The minimum Gasteiger partial charge on any atom is -0.497 e. The number of fused-ring (bicyclic) bond motifs is 3. The molecule has 4 nitrogen and oxygen atoms in total. The predicted octanol–water partition coefficient (Wildman–Crippen LogP) is 5.34. The van der Waals surface area contributed by atoms with Gasteiger partial charge in [0.2, 0.25) is 0 Å². The quantitative estimate of drug-likeness (QED) is 0.654. The highest BCUT2D eigenvalue weighted by Gasteiger charge is 2.40. The third-order valence-corrected chi connectivity index (χ3v) is 5.52. The van der Waals surface area contributed by atoms with Crippen molar-refractivity contribution in [2.24, 2.45) is 0 Å². The van der Waals surface area contributed by atoms with E-state index in [2.05, 4.69) is 22.6 Å². The number of hydrogen-bond acceptors (Lipinski definition) is 4. The van der Waals surface area contributed by atoms with Crippen molar-refractivity contribution in [1.82, 2.24) is 10.4 Å². The number of rotatable bonds is 3. The first-order valence-electron chi connectivity index (χ1n) is 9.16. The molecule has 28 heavy (non-hydrogen) atoms. The lowest BCUT2D eigenvalue weighted by molar-refractivity contribution is -0.0325. The van der Waals surface area contributed by atoms with Gasteiger partial charge in [-0.15, -0.1) is 0 Å². The fraction of sp³-hybridized carbons (Fsp3) is 0.130. The van der Waals surface area contributed by atoms with Crippen LogP contribution in [0.15, 0.2) is 78.9 Å². The fourth-order valence-corrected chi connectivity index (χ4v) is 3.99. The standard InChI is InChI=1S/C23H19ClN2O2/c1-27-16-12-10-15(11-13-16)20-14-21-18-7-3-5-9-22(18)28-23(26(21)25-20)17-6-2-4-8-19(17)24/h2-14,21,23,25H,1H3/t21-,23-/m1/s1. The van der Waals surface area contributed by atoms with E-state index in [9.17, 15) is 0 Å². The first-order chi connectivity index (χ1) is 13.7. The monoisotopic (exact) mass is 390 g/mol. The molecule has 0 amide bonds. The lowest BCUT2D eigenvalue weighted by Gasteiger charge is -2.39. The van der Waals surface area contributed by atoms with Gasteiger partial charge in [0.15, 0.2) is 6.23 Å². The Bertz CT molecular complexity index is 1050. The Kier molecular flexibility index (Phi) is 4.23. The van der Waals surface area contributed by atoms with Crippen molar-refractivity contribution in [2.45, 2.75) is 12.3 Å². The molecule has 3 aromatic carbocycles. The molecule has 1 N–H and O–H groups in total. The second kappa shape index (κ2) is 6.89. The Labute approximate surface area is 168 Å². The zero-order chi connectivity index (χ0) is 19.1. The van der Waals surface area contributed by atoms with E-state index in [1.165, 1.54) is 0 Å².